The van der Waals surface area contributed by atoms with Crippen LogP contribution in [0.5, 0.6) is 0 Å². The highest BCUT2D eigenvalue weighted by Crippen LogP contribution is 2.37. The molecule has 2 N–H and O–H groups in total. The average Bonchev–Trinajstić information content (AvgIpc) is 2.77. The van der Waals surface area contributed by atoms with Crippen LogP contribution < -0.4 is 5.73 Å². The minimum absolute atomic E-state index is 0.142. The van der Waals surface area contributed by atoms with Crippen LogP contribution in [-0.4, -0.2) is 4.98 Å². The summed E-state index contributed by atoms with van der Waals surface area (Å²) >= 11 is 1.82. The van der Waals surface area contributed by atoms with Crippen LogP contribution >= 0.6 is 11.3 Å². The molecule has 1 aromatic heterocycles. The lowest BCUT2D eigenvalue weighted by Gasteiger charge is -2.15. The van der Waals surface area contributed by atoms with E-state index >= 15 is 0 Å². The molecule has 1 atom stereocenters. The number of hydrogen-bond donors (Lipinski definition) is 1. The molecule has 18 heavy (non-hydrogen) atoms. The van der Waals surface area contributed by atoms with E-state index in [1.165, 1.54) is 28.0 Å². The first-order valence-electron chi connectivity index (χ1n) is 6.48. The predicted molar refractivity (Wildman–Crippen MR) is 76.9 cm³/mol. The molecule has 0 fully saturated rings. The second kappa shape index (κ2) is 4.48. The van der Waals surface area contributed by atoms with Crippen molar-refractivity contribution in [2.45, 2.75) is 39.2 Å². The maximum Gasteiger partial charge on any atom is 0.124 e. The molecule has 2 nitrogen and oxygen atoms in total. The van der Waals surface area contributed by atoms with Gasteiger partial charge in [0.25, 0.3) is 0 Å². The Morgan fingerprint density at radius 3 is 2.94 bits per heavy atom. The highest BCUT2D eigenvalue weighted by Gasteiger charge is 2.22. The molecule has 3 heteroatoms. The second-order valence-electron chi connectivity index (χ2n) is 5.14. The monoisotopic (exact) mass is 258 g/mol. The van der Waals surface area contributed by atoms with Gasteiger partial charge in [0, 0.05) is 16.5 Å². The lowest BCUT2D eigenvalue weighted by atomic mass is 9.98. The SMILES string of the molecule is Cc1ccc(C)c(-c2nc3c(s2)CCCC3N)c1. The summed E-state index contributed by atoms with van der Waals surface area (Å²) in [7, 11) is 0. The third-order valence-electron chi connectivity index (χ3n) is 3.62. The van der Waals surface area contributed by atoms with E-state index in [4.69, 9.17) is 10.7 Å². The molecule has 0 spiro atoms. The van der Waals surface area contributed by atoms with E-state index in [1.54, 1.807) is 0 Å². The molecule has 0 amide bonds. The van der Waals surface area contributed by atoms with Gasteiger partial charge in [0.15, 0.2) is 0 Å². The van der Waals surface area contributed by atoms with Crippen LogP contribution in [-0.2, 0) is 6.42 Å². The Morgan fingerprint density at radius 1 is 1.33 bits per heavy atom. The van der Waals surface area contributed by atoms with Gasteiger partial charge in [-0.2, -0.15) is 0 Å². The number of nitrogens with two attached hydrogens (primary N) is 1. The molecule has 0 bridgehead atoms. The summed E-state index contributed by atoms with van der Waals surface area (Å²) in [4.78, 5) is 6.19. The van der Waals surface area contributed by atoms with Gasteiger partial charge in [-0.3, -0.25) is 0 Å². The maximum absolute atomic E-state index is 6.15. The first-order chi connectivity index (χ1) is 8.65. The Labute approximate surface area is 112 Å². The maximum atomic E-state index is 6.15. The Morgan fingerprint density at radius 2 is 2.17 bits per heavy atom. The van der Waals surface area contributed by atoms with Gasteiger partial charge in [-0.15, -0.1) is 11.3 Å². The van der Waals surface area contributed by atoms with Crippen molar-refractivity contribution in [3.05, 3.63) is 39.9 Å². The minimum Gasteiger partial charge on any atom is -0.323 e. The van der Waals surface area contributed by atoms with Gasteiger partial charge in [0.2, 0.25) is 0 Å². The molecule has 1 aromatic carbocycles. The fraction of sp³-hybridized carbons (Fsp3) is 0.400. The largest absolute Gasteiger partial charge is 0.323 e. The lowest BCUT2D eigenvalue weighted by molar-refractivity contribution is 0.564. The van der Waals surface area contributed by atoms with Crippen molar-refractivity contribution in [3.63, 3.8) is 0 Å². The molecule has 2 aromatic rings. The van der Waals surface area contributed by atoms with Gasteiger partial charge in [0.05, 0.1) is 5.69 Å². The molecule has 1 heterocycles. The first kappa shape index (κ1) is 11.9. The van der Waals surface area contributed by atoms with E-state index in [0.717, 1.165) is 23.5 Å². The Bertz CT molecular complexity index is 586. The van der Waals surface area contributed by atoms with Gasteiger partial charge in [-0.1, -0.05) is 17.7 Å². The fourth-order valence-corrected chi connectivity index (χ4v) is 3.79. The third kappa shape index (κ3) is 1.98. The Hall–Kier alpha value is -1.19. The van der Waals surface area contributed by atoms with E-state index in [2.05, 4.69) is 32.0 Å². The van der Waals surface area contributed by atoms with E-state index in [-0.39, 0.29) is 6.04 Å². The van der Waals surface area contributed by atoms with Crippen LogP contribution in [0.1, 0.15) is 40.6 Å². The van der Waals surface area contributed by atoms with E-state index in [0.29, 0.717) is 0 Å². The normalized spacial score (nSPS) is 18.7. The van der Waals surface area contributed by atoms with Crippen LogP contribution in [0.2, 0.25) is 0 Å². The molecule has 0 saturated carbocycles. The number of benzene rings is 1. The van der Waals surface area contributed by atoms with E-state index in [9.17, 15) is 0 Å². The summed E-state index contributed by atoms with van der Waals surface area (Å²) in [6.45, 7) is 4.28. The summed E-state index contributed by atoms with van der Waals surface area (Å²) in [5, 5.41) is 1.14. The number of nitrogens with zero attached hydrogens (tertiary/aromatic N) is 1. The smallest absolute Gasteiger partial charge is 0.124 e. The molecule has 1 aliphatic carbocycles. The third-order valence-corrected chi connectivity index (χ3v) is 4.79. The van der Waals surface area contributed by atoms with Crippen molar-refractivity contribution in [2.75, 3.05) is 0 Å². The van der Waals surface area contributed by atoms with E-state index < -0.39 is 0 Å². The Balaban J connectivity index is 2.10. The van der Waals surface area contributed by atoms with Crippen LogP contribution in [0.15, 0.2) is 18.2 Å². The van der Waals surface area contributed by atoms with Crippen molar-refractivity contribution in [1.29, 1.82) is 0 Å². The summed E-state index contributed by atoms with van der Waals surface area (Å²) < 4.78 is 0. The minimum atomic E-state index is 0.142. The average molecular weight is 258 g/mol. The van der Waals surface area contributed by atoms with Gasteiger partial charge in [-0.05, 0) is 44.7 Å². The van der Waals surface area contributed by atoms with Crippen LogP contribution in [0.4, 0.5) is 0 Å². The van der Waals surface area contributed by atoms with Crippen molar-refractivity contribution in [1.82, 2.24) is 4.98 Å². The van der Waals surface area contributed by atoms with Crippen molar-refractivity contribution in [3.8, 4) is 10.6 Å². The molecule has 1 unspecified atom stereocenters. The molecule has 0 aliphatic heterocycles. The van der Waals surface area contributed by atoms with Crippen LogP contribution in [0.25, 0.3) is 10.6 Å². The van der Waals surface area contributed by atoms with Gasteiger partial charge < -0.3 is 5.73 Å². The topological polar surface area (TPSA) is 38.9 Å². The molecule has 94 valence electrons. The van der Waals surface area contributed by atoms with Crippen molar-refractivity contribution in [2.24, 2.45) is 5.73 Å². The zero-order valence-corrected chi connectivity index (χ0v) is 11.7. The van der Waals surface area contributed by atoms with Crippen LogP contribution in [0, 0.1) is 13.8 Å². The zero-order valence-electron chi connectivity index (χ0n) is 10.9. The predicted octanol–water partition coefficient (Wildman–Crippen LogP) is 3.76. The van der Waals surface area contributed by atoms with Crippen LogP contribution in [0.3, 0.4) is 0 Å². The number of fused-ring (bicyclic) bond motifs is 1. The standard InChI is InChI=1S/C15H18N2S/c1-9-6-7-10(2)11(8-9)15-17-14-12(16)4-3-5-13(14)18-15/h6-8,12H,3-5,16H2,1-2H3. The second-order valence-corrected chi connectivity index (χ2v) is 6.23. The number of aromatic nitrogens is 1. The van der Waals surface area contributed by atoms with Crippen molar-refractivity contribution >= 4 is 11.3 Å². The summed E-state index contributed by atoms with van der Waals surface area (Å²) in [5.41, 5.74) is 11.1. The molecule has 3 rings (SSSR count). The first-order valence-corrected chi connectivity index (χ1v) is 7.29. The molecular weight excluding hydrogens is 240 g/mol. The number of thiazole rings is 1. The van der Waals surface area contributed by atoms with Gasteiger partial charge in [-0.25, -0.2) is 4.98 Å². The lowest BCUT2D eigenvalue weighted by Crippen LogP contribution is -2.16. The zero-order chi connectivity index (χ0) is 12.7. The quantitative estimate of drug-likeness (QED) is 0.845. The molecule has 0 radical (unpaired) electrons. The Kier molecular flexibility index (Phi) is 2.96. The molecular formula is C15H18N2S. The number of rotatable bonds is 1. The summed E-state index contributed by atoms with van der Waals surface area (Å²) in [5.74, 6) is 0. The fourth-order valence-electron chi connectivity index (χ4n) is 2.53. The number of aryl methyl sites for hydroxylation is 3. The highest BCUT2D eigenvalue weighted by atomic mass is 32.1. The van der Waals surface area contributed by atoms with Gasteiger partial charge in [0.1, 0.15) is 5.01 Å². The highest BCUT2D eigenvalue weighted by molar-refractivity contribution is 7.15. The molecule has 0 saturated heterocycles. The van der Waals surface area contributed by atoms with E-state index in [1.807, 2.05) is 11.3 Å². The number of hydrogen-bond acceptors (Lipinski definition) is 3. The van der Waals surface area contributed by atoms with Crippen molar-refractivity contribution < 1.29 is 0 Å². The molecule has 1 aliphatic rings. The summed E-state index contributed by atoms with van der Waals surface area (Å²) in [6, 6.07) is 6.69. The van der Waals surface area contributed by atoms with Gasteiger partial charge >= 0.3 is 0 Å². The summed E-state index contributed by atoms with van der Waals surface area (Å²) in [6.07, 6.45) is 3.41.